The van der Waals surface area contributed by atoms with Crippen molar-refractivity contribution in [2.45, 2.75) is 13.5 Å². The van der Waals surface area contributed by atoms with Gasteiger partial charge in [0.25, 0.3) is 5.91 Å². The van der Waals surface area contributed by atoms with Crippen LogP contribution in [0.5, 0.6) is 11.5 Å². The van der Waals surface area contributed by atoms with E-state index in [2.05, 4.69) is 0 Å². The summed E-state index contributed by atoms with van der Waals surface area (Å²) in [4.78, 5) is 17.2. The number of rotatable bonds is 8. The number of carbonyl (C=O) groups is 1. The molecule has 0 saturated carbocycles. The fourth-order valence-electron chi connectivity index (χ4n) is 3.51. The Labute approximate surface area is 214 Å². The smallest absolute Gasteiger partial charge is 0.270 e. The molecule has 5 nitrogen and oxygen atoms in total. The molecule has 0 spiro atoms. The van der Waals surface area contributed by atoms with Crippen LogP contribution in [0, 0.1) is 5.82 Å². The third kappa shape index (κ3) is 5.66. The quantitative estimate of drug-likeness (QED) is 0.264. The van der Waals surface area contributed by atoms with Crippen molar-refractivity contribution >= 4 is 51.7 Å². The molecule has 3 aromatic rings. The van der Waals surface area contributed by atoms with Gasteiger partial charge in [-0.2, -0.15) is 0 Å². The average molecular weight is 509 g/mol. The Morgan fingerprint density at radius 1 is 1.03 bits per heavy atom. The van der Waals surface area contributed by atoms with E-state index in [0.717, 1.165) is 16.9 Å². The van der Waals surface area contributed by atoms with Crippen LogP contribution < -0.4 is 19.3 Å². The Bertz CT molecular complexity index is 1280. The van der Waals surface area contributed by atoms with Crippen molar-refractivity contribution in [2.75, 3.05) is 30.5 Å². The third-order valence-corrected chi connectivity index (χ3v) is 6.63. The molecule has 0 aliphatic carbocycles. The minimum atomic E-state index is -0.319. The van der Waals surface area contributed by atoms with Crippen LogP contribution in [-0.4, -0.2) is 30.9 Å². The van der Waals surface area contributed by atoms with Gasteiger partial charge in [-0.25, -0.2) is 4.39 Å². The van der Waals surface area contributed by atoms with Crippen molar-refractivity contribution in [2.24, 2.45) is 0 Å². The van der Waals surface area contributed by atoms with Crippen LogP contribution in [0.15, 0.2) is 71.6 Å². The second kappa shape index (κ2) is 10.9. The highest BCUT2D eigenvalue weighted by molar-refractivity contribution is 8.27. The van der Waals surface area contributed by atoms with Crippen molar-refractivity contribution in [3.05, 3.63) is 88.6 Å². The van der Waals surface area contributed by atoms with E-state index in [4.69, 9.17) is 21.7 Å². The van der Waals surface area contributed by atoms with Crippen molar-refractivity contribution in [1.29, 1.82) is 0 Å². The molecule has 0 bridgehead atoms. The molecule has 1 aliphatic heterocycles. The maximum Gasteiger partial charge on any atom is 0.270 e. The first kappa shape index (κ1) is 24.8. The van der Waals surface area contributed by atoms with Gasteiger partial charge in [-0.3, -0.25) is 9.69 Å². The highest BCUT2D eigenvalue weighted by Crippen LogP contribution is 2.38. The van der Waals surface area contributed by atoms with Crippen molar-refractivity contribution in [3.8, 4) is 11.5 Å². The summed E-state index contributed by atoms with van der Waals surface area (Å²) in [6, 6.07) is 19.6. The first-order chi connectivity index (χ1) is 16.9. The normalized spacial score (nSPS) is 14.5. The molecule has 1 heterocycles. The molecule has 180 valence electrons. The highest BCUT2D eigenvalue weighted by Gasteiger charge is 2.33. The van der Waals surface area contributed by atoms with E-state index < -0.39 is 0 Å². The average Bonchev–Trinajstić information content (AvgIpc) is 3.12. The van der Waals surface area contributed by atoms with Gasteiger partial charge in [-0.05, 0) is 61.0 Å². The van der Waals surface area contributed by atoms with E-state index in [-0.39, 0.29) is 18.3 Å². The van der Waals surface area contributed by atoms with E-state index in [9.17, 15) is 9.18 Å². The van der Waals surface area contributed by atoms with Crippen molar-refractivity contribution in [3.63, 3.8) is 0 Å². The first-order valence-electron chi connectivity index (χ1n) is 11.1. The standard InChI is InChI=1S/C27H25FN2O3S2/c1-4-32-24-15-18(9-14-23(24)33-17-19-7-5-6-8-22(19)28)16-25-26(31)30(27(34)35-25)21-12-10-20(11-13-21)29(2)3/h5-16H,4,17H2,1-3H3. The van der Waals surface area contributed by atoms with Crippen molar-refractivity contribution in [1.82, 2.24) is 0 Å². The monoisotopic (exact) mass is 508 g/mol. The van der Waals surface area contributed by atoms with E-state index in [1.807, 2.05) is 56.3 Å². The lowest BCUT2D eigenvalue weighted by atomic mass is 10.1. The number of thioether (sulfide) groups is 1. The highest BCUT2D eigenvalue weighted by atomic mass is 32.2. The van der Waals surface area contributed by atoms with Crippen LogP contribution in [0.2, 0.25) is 0 Å². The number of anilines is 2. The Balaban J connectivity index is 1.54. The predicted octanol–water partition coefficient (Wildman–Crippen LogP) is 6.28. The van der Waals surface area contributed by atoms with Crippen LogP contribution in [-0.2, 0) is 11.4 Å². The van der Waals surface area contributed by atoms with E-state index >= 15 is 0 Å². The van der Waals surface area contributed by atoms with Gasteiger partial charge < -0.3 is 14.4 Å². The Morgan fingerprint density at radius 2 is 1.77 bits per heavy atom. The second-order valence-corrected chi connectivity index (χ2v) is 9.62. The SMILES string of the molecule is CCOc1cc(C=C2SC(=S)N(c3ccc(N(C)C)cc3)C2=O)ccc1OCc1ccccc1F. The molecule has 1 amide bonds. The lowest BCUT2D eigenvalue weighted by Crippen LogP contribution is -2.27. The summed E-state index contributed by atoms with van der Waals surface area (Å²) < 4.78 is 26.0. The molecule has 0 aromatic heterocycles. The van der Waals surface area contributed by atoms with Crippen LogP contribution >= 0.6 is 24.0 Å². The Morgan fingerprint density at radius 3 is 2.46 bits per heavy atom. The molecular formula is C27H25FN2O3S2. The molecule has 0 atom stereocenters. The van der Waals surface area contributed by atoms with Crippen molar-refractivity contribution < 1.29 is 18.7 Å². The molecule has 8 heteroatoms. The minimum absolute atomic E-state index is 0.0807. The molecule has 0 radical (unpaired) electrons. The number of nitrogens with zero attached hydrogens (tertiary/aromatic N) is 2. The lowest BCUT2D eigenvalue weighted by Gasteiger charge is -2.17. The summed E-state index contributed by atoms with van der Waals surface area (Å²) in [7, 11) is 3.92. The summed E-state index contributed by atoms with van der Waals surface area (Å²) in [5, 5.41) is 0. The Hall–Kier alpha value is -3.36. The number of thiocarbonyl (C=S) groups is 1. The summed E-state index contributed by atoms with van der Waals surface area (Å²) in [6.45, 7) is 2.39. The molecule has 35 heavy (non-hydrogen) atoms. The number of halogens is 1. The van der Waals surface area contributed by atoms with Gasteiger partial charge >= 0.3 is 0 Å². The van der Waals surface area contributed by atoms with Crippen LogP contribution in [0.4, 0.5) is 15.8 Å². The molecule has 3 aromatic carbocycles. The maximum atomic E-state index is 13.9. The Kier molecular flexibility index (Phi) is 7.73. The maximum absolute atomic E-state index is 13.9. The zero-order valence-corrected chi connectivity index (χ0v) is 21.3. The molecule has 1 fully saturated rings. The van der Waals surface area contributed by atoms with Crippen LogP contribution in [0.1, 0.15) is 18.1 Å². The van der Waals surface area contributed by atoms with Gasteiger partial charge in [0.05, 0.1) is 17.2 Å². The molecule has 1 saturated heterocycles. The second-order valence-electron chi connectivity index (χ2n) is 7.95. The number of ether oxygens (including phenoxy) is 2. The van der Waals surface area contributed by atoms with Gasteiger partial charge in [-0.15, -0.1) is 0 Å². The largest absolute Gasteiger partial charge is 0.490 e. The first-order valence-corrected chi connectivity index (χ1v) is 12.3. The number of benzene rings is 3. The zero-order valence-electron chi connectivity index (χ0n) is 19.7. The molecule has 0 N–H and O–H groups in total. The number of amides is 1. The number of hydrogen-bond acceptors (Lipinski definition) is 6. The third-order valence-electron chi connectivity index (χ3n) is 5.32. The zero-order chi connectivity index (χ0) is 24.9. The molecule has 1 aliphatic rings. The summed E-state index contributed by atoms with van der Waals surface area (Å²) in [6.07, 6.45) is 1.79. The van der Waals surface area contributed by atoms with Gasteiger partial charge in [0, 0.05) is 25.3 Å². The summed E-state index contributed by atoms with van der Waals surface area (Å²) >= 11 is 6.76. The van der Waals surface area contributed by atoms with Gasteiger partial charge in [0.2, 0.25) is 0 Å². The van der Waals surface area contributed by atoms with Gasteiger partial charge in [0.15, 0.2) is 15.8 Å². The van der Waals surface area contributed by atoms with Crippen LogP contribution in [0.25, 0.3) is 6.08 Å². The summed E-state index contributed by atoms with van der Waals surface area (Å²) in [5.74, 6) is 0.532. The lowest BCUT2D eigenvalue weighted by molar-refractivity contribution is -0.113. The molecule has 4 rings (SSSR count). The van der Waals surface area contributed by atoms with Gasteiger partial charge in [-0.1, -0.05) is 48.2 Å². The molecule has 0 unspecified atom stereocenters. The van der Waals surface area contributed by atoms with E-state index in [1.165, 1.54) is 17.8 Å². The fourth-order valence-corrected chi connectivity index (χ4v) is 4.81. The fraction of sp³-hybridized carbons (Fsp3) is 0.185. The predicted molar refractivity (Wildman–Crippen MR) is 145 cm³/mol. The minimum Gasteiger partial charge on any atom is -0.490 e. The topological polar surface area (TPSA) is 42.0 Å². The van der Waals surface area contributed by atoms with Gasteiger partial charge in [0.1, 0.15) is 12.4 Å². The number of hydrogen-bond donors (Lipinski definition) is 0. The van der Waals surface area contributed by atoms with E-state index in [1.54, 1.807) is 41.3 Å². The van der Waals surface area contributed by atoms with E-state index in [0.29, 0.717) is 32.9 Å². The summed E-state index contributed by atoms with van der Waals surface area (Å²) in [5.41, 5.74) is 3.00. The van der Waals surface area contributed by atoms with Crippen LogP contribution in [0.3, 0.4) is 0 Å². The molecular weight excluding hydrogens is 483 g/mol. The number of carbonyl (C=O) groups excluding carboxylic acids is 1.